The quantitative estimate of drug-likeness (QED) is 0.902. The molecular formula is C19H24N4O. The summed E-state index contributed by atoms with van der Waals surface area (Å²) < 4.78 is 2.16. The van der Waals surface area contributed by atoms with E-state index in [1.54, 1.807) is 0 Å². The zero-order valence-corrected chi connectivity index (χ0v) is 14.2. The van der Waals surface area contributed by atoms with Gasteiger partial charge < -0.3 is 15.0 Å². The van der Waals surface area contributed by atoms with Crippen LogP contribution in [0.3, 0.4) is 0 Å². The van der Waals surface area contributed by atoms with Gasteiger partial charge in [0.15, 0.2) is 0 Å². The molecule has 2 aromatic heterocycles. The Morgan fingerprint density at radius 1 is 1.38 bits per heavy atom. The average molecular weight is 324 g/mol. The largest absolute Gasteiger partial charge is 0.343 e. The fourth-order valence-electron chi connectivity index (χ4n) is 4.69. The molecule has 1 aliphatic heterocycles. The minimum absolute atomic E-state index is 0.206. The fraction of sp³-hybridized carbons (Fsp3) is 0.579. The maximum atomic E-state index is 12.9. The highest BCUT2D eigenvalue weighted by molar-refractivity contribution is 5.83. The number of carbonyl (C=O) groups is 1. The third-order valence-corrected chi connectivity index (χ3v) is 6.42. The van der Waals surface area contributed by atoms with Gasteiger partial charge in [-0.1, -0.05) is 6.07 Å². The van der Waals surface area contributed by atoms with Gasteiger partial charge in [0.1, 0.15) is 5.82 Å². The van der Waals surface area contributed by atoms with Gasteiger partial charge in [-0.25, -0.2) is 4.98 Å². The molecule has 0 bridgehead atoms. The molecule has 5 rings (SSSR count). The van der Waals surface area contributed by atoms with Crippen LogP contribution < -0.4 is 10.6 Å². The normalized spacial score (nSPS) is 30.8. The lowest BCUT2D eigenvalue weighted by molar-refractivity contribution is -0.125. The first-order valence-corrected chi connectivity index (χ1v) is 9.05. The number of aromatic nitrogens is 2. The van der Waals surface area contributed by atoms with Crippen molar-refractivity contribution in [3.63, 3.8) is 0 Å². The van der Waals surface area contributed by atoms with Gasteiger partial charge in [-0.15, -0.1) is 0 Å². The molecule has 24 heavy (non-hydrogen) atoms. The Morgan fingerprint density at radius 2 is 2.12 bits per heavy atom. The van der Waals surface area contributed by atoms with Crippen molar-refractivity contribution >= 4 is 11.4 Å². The lowest BCUT2D eigenvalue weighted by atomic mass is 9.93. The van der Waals surface area contributed by atoms with E-state index >= 15 is 0 Å². The number of nitrogens with one attached hydrogen (secondary N) is 2. The molecule has 1 saturated heterocycles. The summed E-state index contributed by atoms with van der Waals surface area (Å²) in [4.78, 5) is 17.6. The number of amides is 1. The Kier molecular flexibility index (Phi) is 2.90. The number of hydrogen-bond donors (Lipinski definition) is 2. The zero-order valence-electron chi connectivity index (χ0n) is 14.2. The first kappa shape index (κ1) is 14.5. The molecule has 126 valence electrons. The molecule has 0 aromatic carbocycles. The van der Waals surface area contributed by atoms with Crippen LogP contribution in [0.5, 0.6) is 0 Å². The number of aryl methyl sites for hydroxylation is 1. The number of fused-ring (bicyclic) bond motifs is 2. The van der Waals surface area contributed by atoms with Crippen molar-refractivity contribution in [3.05, 3.63) is 35.9 Å². The summed E-state index contributed by atoms with van der Waals surface area (Å²) in [5, 5.41) is 6.78. The molecule has 3 fully saturated rings. The van der Waals surface area contributed by atoms with Crippen molar-refractivity contribution in [2.75, 3.05) is 13.1 Å². The topological polar surface area (TPSA) is 58.4 Å². The number of piperidine rings is 1. The SMILES string of the molecule is Cc1cccn2c(C(C)(NC(=O)[C@H]3[C@@H]4CNC[C@@H]43)C3CC3)ncc12. The lowest BCUT2D eigenvalue weighted by Gasteiger charge is -2.30. The Hall–Kier alpha value is -1.88. The molecule has 4 atom stereocenters. The molecule has 5 nitrogen and oxygen atoms in total. The summed E-state index contributed by atoms with van der Waals surface area (Å²) in [5.74, 6) is 2.99. The van der Waals surface area contributed by atoms with Gasteiger partial charge in [0.25, 0.3) is 0 Å². The third kappa shape index (κ3) is 1.97. The number of rotatable bonds is 4. The second kappa shape index (κ2) is 4.82. The molecule has 5 heteroatoms. The van der Waals surface area contributed by atoms with Crippen molar-refractivity contribution in [2.45, 2.75) is 32.2 Å². The summed E-state index contributed by atoms with van der Waals surface area (Å²) in [6.45, 7) is 6.26. The highest BCUT2D eigenvalue weighted by Gasteiger charge is 2.58. The van der Waals surface area contributed by atoms with Crippen LogP contribution in [0.4, 0.5) is 0 Å². The van der Waals surface area contributed by atoms with Crippen LogP contribution in [-0.2, 0) is 10.3 Å². The molecule has 1 amide bonds. The van der Waals surface area contributed by atoms with Crippen LogP contribution in [0.2, 0.25) is 0 Å². The highest BCUT2D eigenvalue weighted by Crippen LogP contribution is 2.51. The van der Waals surface area contributed by atoms with Gasteiger partial charge in [0.05, 0.1) is 17.3 Å². The Bertz CT molecular complexity index is 814. The number of hydrogen-bond acceptors (Lipinski definition) is 3. The van der Waals surface area contributed by atoms with Gasteiger partial charge in [0, 0.05) is 12.1 Å². The van der Waals surface area contributed by atoms with Crippen molar-refractivity contribution in [1.29, 1.82) is 0 Å². The predicted molar refractivity (Wildman–Crippen MR) is 91.5 cm³/mol. The van der Waals surface area contributed by atoms with E-state index in [0.29, 0.717) is 17.8 Å². The zero-order chi connectivity index (χ0) is 16.5. The van der Waals surface area contributed by atoms with Crippen molar-refractivity contribution in [3.8, 4) is 0 Å². The maximum absolute atomic E-state index is 12.9. The molecule has 2 N–H and O–H groups in total. The first-order chi connectivity index (χ1) is 11.6. The van der Waals surface area contributed by atoms with E-state index in [1.165, 1.54) is 5.56 Å². The van der Waals surface area contributed by atoms with Crippen LogP contribution >= 0.6 is 0 Å². The number of nitrogens with zero attached hydrogens (tertiary/aromatic N) is 2. The smallest absolute Gasteiger partial charge is 0.224 e. The van der Waals surface area contributed by atoms with Gasteiger partial charge in [-0.05, 0) is 69.2 Å². The van der Waals surface area contributed by atoms with E-state index < -0.39 is 0 Å². The van der Waals surface area contributed by atoms with Crippen LogP contribution in [-0.4, -0.2) is 28.4 Å². The lowest BCUT2D eigenvalue weighted by Crippen LogP contribution is -2.48. The maximum Gasteiger partial charge on any atom is 0.224 e. The summed E-state index contributed by atoms with van der Waals surface area (Å²) >= 11 is 0. The highest BCUT2D eigenvalue weighted by atomic mass is 16.2. The number of carbonyl (C=O) groups excluding carboxylic acids is 1. The number of imidazole rings is 1. The Labute approximate surface area is 141 Å². The molecule has 2 saturated carbocycles. The van der Waals surface area contributed by atoms with Crippen molar-refractivity contribution < 1.29 is 4.79 Å². The molecule has 0 spiro atoms. The van der Waals surface area contributed by atoms with Gasteiger partial charge in [0.2, 0.25) is 5.91 Å². The average Bonchev–Trinajstić information content (AvgIpc) is 3.44. The fourth-order valence-corrected chi connectivity index (χ4v) is 4.69. The van der Waals surface area contributed by atoms with Crippen molar-refractivity contribution in [1.82, 2.24) is 20.0 Å². The van der Waals surface area contributed by atoms with E-state index in [1.807, 2.05) is 6.20 Å². The van der Waals surface area contributed by atoms with Crippen LogP contribution in [0.25, 0.3) is 5.52 Å². The molecule has 2 aliphatic carbocycles. The van der Waals surface area contributed by atoms with Gasteiger partial charge in [-0.2, -0.15) is 0 Å². The van der Waals surface area contributed by atoms with E-state index in [-0.39, 0.29) is 17.4 Å². The van der Waals surface area contributed by atoms with E-state index in [9.17, 15) is 4.79 Å². The Morgan fingerprint density at radius 3 is 2.83 bits per heavy atom. The molecule has 1 unspecified atom stereocenters. The minimum Gasteiger partial charge on any atom is -0.343 e. The standard InChI is InChI=1S/C19H24N4O/c1-11-4-3-7-23-15(11)10-21-18(23)19(2,12-5-6-12)22-17(24)16-13-8-20-9-14(13)16/h3-4,7,10,12-14,16,20H,5-6,8-9H2,1-2H3,(H,22,24)/t13-,14+,16+,19?. The third-order valence-electron chi connectivity index (χ3n) is 6.42. The summed E-state index contributed by atoms with van der Waals surface area (Å²) in [7, 11) is 0. The van der Waals surface area contributed by atoms with Crippen LogP contribution in [0.1, 0.15) is 31.2 Å². The summed E-state index contributed by atoms with van der Waals surface area (Å²) in [6.07, 6.45) is 6.33. The summed E-state index contributed by atoms with van der Waals surface area (Å²) in [5.41, 5.74) is 1.96. The molecular weight excluding hydrogens is 300 g/mol. The molecule has 3 heterocycles. The molecule has 2 aromatic rings. The van der Waals surface area contributed by atoms with Gasteiger partial charge in [-0.3, -0.25) is 4.79 Å². The van der Waals surface area contributed by atoms with Crippen molar-refractivity contribution in [2.24, 2.45) is 23.7 Å². The molecule has 0 radical (unpaired) electrons. The Balaban J connectivity index is 1.49. The van der Waals surface area contributed by atoms with E-state index in [0.717, 1.165) is 37.3 Å². The van der Waals surface area contributed by atoms with Crippen LogP contribution in [0.15, 0.2) is 24.5 Å². The van der Waals surface area contributed by atoms with E-state index in [4.69, 9.17) is 4.98 Å². The first-order valence-electron chi connectivity index (χ1n) is 9.05. The predicted octanol–water partition coefficient (Wildman–Crippen LogP) is 1.85. The van der Waals surface area contributed by atoms with E-state index in [2.05, 4.69) is 47.2 Å². The summed E-state index contributed by atoms with van der Waals surface area (Å²) in [6, 6.07) is 4.16. The van der Waals surface area contributed by atoms with Crippen LogP contribution in [0, 0.1) is 30.6 Å². The van der Waals surface area contributed by atoms with Gasteiger partial charge >= 0.3 is 0 Å². The second-order valence-corrected chi connectivity index (χ2v) is 8.01. The second-order valence-electron chi connectivity index (χ2n) is 8.01. The minimum atomic E-state index is -0.373. The number of pyridine rings is 1. The molecule has 3 aliphatic rings. The monoisotopic (exact) mass is 324 g/mol.